The van der Waals surface area contributed by atoms with Crippen LogP contribution in [0.2, 0.25) is 0 Å². The Morgan fingerprint density at radius 3 is 2.12 bits per heavy atom. The van der Waals surface area contributed by atoms with Crippen molar-refractivity contribution in [3.63, 3.8) is 0 Å². The zero-order valence-electron chi connectivity index (χ0n) is 11.4. The first-order chi connectivity index (χ1) is 8.27. The average molecular weight is 241 g/mol. The number of esters is 1. The minimum Gasteiger partial charge on any atom is -0.464 e. The van der Waals surface area contributed by atoms with E-state index in [4.69, 9.17) is 4.74 Å². The van der Waals surface area contributed by atoms with Gasteiger partial charge in [0.1, 0.15) is 6.61 Å². The van der Waals surface area contributed by atoms with Crippen LogP contribution in [0.3, 0.4) is 0 Å². The lowest BCUT2D eigenvalue weighted by atomic mass is 10.1. The summed E-state index contributed by atoms with van der Waals surface area (Å²) in [6, 6.07) is 0.344. The fourth-order valence-corrected chi connectivity index (χ4v) is 2.34. The second-order valence-corrected chi connectivity index (χ2v) is 4.99. The van der Waals surface area contributed by atoms with Gasteiger partial charge in [-0.25, -0.2) is 0 Å². The van der Waals surface area contributed by atoms with Gasteiger partial charge < -0.3 is 4.74 Å². The van der Waals surface area contributed by atoms with Crippen molar-refractivity contribution in [2.45, 2.75) is 64.8 Å². The number of hydrogen-bond donors (Lipinski definition) is 0. The summed E-state index contributed by atoms with van der Waals surface area (Å²) in [5.74, 6) is -0.0222. The van der Waals surface area contributed by atoms with E-state index in [0.717, 1.165) is 13.1 Å². The molecule has 0 aromatic rings. The molecule has 0 radical (unpaired) electrons. The summed E-state index contributed by atoms with van der Waals surface area (Å²) >= 11 is 0. The smallest absolute Gasteiger partial charge is 0.307 e. The predicted molar refractivity (Wildman–Crippen MR) is 70.0 cm³/mol. The Morgan fingerprint density at radius 1 is 1.12 bits per heavy atom. The first-order valence-corrected chi connectivity index (χ1v) is 7.17. The minimum atomic E-state index is -0.0222. The van der Waals surface area contributed by atoms with Crippen LogP contribution in [-0.4, -0.2) is 36.6 Å². The lowest BCUT2D eigenvalue weighted by Crippen LogP contribution is -2.37. The molecular weight excluding hydrogens is 214 g/mol. The van der Waals surface area contributed by atoms with Gasteiger partial charge in [0, 0.05) is 0 Å². The molecule has 0 N–H and O–H groups in total. The van der Waals surface area contributed by atoms with Crippen molar-refractivity contribution < 1.29 is 9.53 Å². The molecule has 3 nitrogen and oxygen atoms in total. The van der Waals surface area contributed by atoms with Crippen LogP contribution in [0.5, 0.6) is 0 Å². The molecule has 0 spiro atoms. The molecule has 1 fully saturated rings. The van der Waals surface area contributed by atoms with Crippen molar-refractivity contribution in [2.75, 3.05) is 19.7 Å². The molecule has 1 aliphatic rings. The van der Waals surface area contributed by atoms with Gasteiger partial charge in [-0.15, -0.1) is 0 Å². The Balaban J connectivity index is 2.32. The predicted octanol–water partition coefficient (Wildman–Crippen LogP) is 2.98. The zero-order valence-corrected chi connectivity index (χ0v) is 11.4. The van der Waals surface area contributed by atoms with Crippen molar-refractivity contribution in [3.05, 3.63) is 0 Å². The molecule has 1 heterocycles. The SMILES string of the molecule is CCCCCN(CCCCC)C1COC(=O)C1. The van der Waals surface area contributed by atoms with E-state index in [1.165, 1.54) is 38.5 Å². The van der Waals surface area contributed by atoms with E-state index < -0.39 is 0 Å². The molecule has 1 atom stereocenters. The second-order valence-electron chi connectivity index (χ2n) is 4.99. The van der Waals surface area contributed by atoms with E-state index in [1.54, 1.807) is 0 Å². The van der Waals surface area contributed by atoms with Crippen LogP contribution in [0.4, 0.5) is 0 Å². The largest absolute Gasteiger partial charge is 0.464 e. The summed E-state index contributed by atoms with van der Waals surface area (Å²) in [7, 11) is 0. The molecule has 1 saturated heterocycles. The van der Waals surface area contributed by atoms with Gasteiger partial charge in [0.05, 0.1) is 12.5 Å². The zero-order chi connectivity index (χ0) is 12.5. The summed E-state index contributed by atoms with van der Waals surface area (Å²) in [4.78, 5) is 13.6. The number of hydrogen-bond acceptors (Lipinski definition) is 3. The van der Waals surface area contributed by atoms with E-state index in [1.807, 2.05) is 0 Å². The third-order valence-electron chi connectivity index (χ3n) is 3.45. The van der Waals surface area contributed by atoms with Crippen molar-refractivity contribution in [1.82, 2.24) is 4.90 Å². The molecule has 0 amide bonds. The molecule has 0 aliphatic carbocycles. The summed E-state index contributed by atoms with van der Waals surface area (Å²) in [6.45, 7) is 7.31. The molecule has 3 heteroatoms. The van der Waals surface area contributed by atoms with Gasteiger partial charge in [-0.2, -0.15) is 0 Å². The number of cyclic esters (lactones) is 1. The maximum Gasteiger partial charge on any atom is 0.307 e. The summed E-state index contributed by atoms with van der Waals surface area (Å²) in [6.07, 6.45) is 8.16. The van der Waals surface area contributed by atoms with Crippen molar-refractivity contribution in [2.24, 2.45) is 0 Å². The first-order valence-electron chi connectivity index (χ1n) is 7.17. The summed E-state index contributed by atoms with van der Waals surface area (Å²) in [5, 5.41) is 0. The number of carbonyl (C=O) groups excluding carboxylic acids is 1. The Hall–Kier alpha value is -0.570. The third kappa shape index (κ3) is 5.53. The Bertz CT molecular complexity index is 208. The molecule has 1 unspecified atom stereocenters. The van der Waals surface area contributed by atoms with E-state index >= 15 is 0 Å². The van der Waals surface area contributed by atoms with Crippen LogP contribution in [0, 0.1) is 0 Å². The molecule has 0 bridgehead atoms. The Morgan fingerprint density at radius 2 is 1.71 bits per heavy atom. The van der Waals surface area contributed by atoms with Gasteiger partial charge in [0.15, 0.2) is 0 Å². The van der Waals surface area contributed by atoms with Crippen LogP contribution >= 0.6 is 0 Å². The first kappa shape index (κ1) is 14.5. The van der Waals surface area contributed by atoms with Gasteiger partial charge in [0.25, 0.3) is 0 Å². The van der Waals surface area contributed by atoms with Crippen molar-refractivity contribution in [3.8, 4) is 0 Å². The lowest BCUT2D eigenvalue weighted by molar-refractivity contribution is -0.137. The topological polar surface area (TPSA) is 29.5 Å². The minimum absolute atomic E-state index is 0.0222. The van der Waals surface area contributed by atoms with Crippen LogP contribution in [0.1, 0.15) is 58.8 Å². The normalized spacial score (nSPS) is 19.9. The van der Waals surface area contributed by atoms with E-state index in [-0.39, 0.29) is 5.97 Å². The van der Waals surface area contributed by atoms with Gasteiger partial charge in [0.2, 0.25) is 0 Å². The van der Waals surface area contributed by atoms with Crippen LogP contribution in [-0.2, 0) is 9.53 Å². The van der Waals surface area contributed by atoms with E-state index in [2.05, 4.69) is 18.7 Å². The molecule has 1 rings (SSSR count). The van der Waals surface area contributed by atoms with Crippen LogP contribution in [0.25, 0.3) is 0 Å². The van der Waals surface area contributed by atoms with Gasteiger partial charge in [-0.05, 0) is 25.9 Å². The lowest BCUT2D eigenvalue weighted by Gasteiger charge is -2.26. The highest BCUT2D eigenvalue weighted by molar-refractivity contribution is 5.72. The molecule has 0 saturated carbocycles. The van der Waals surface area contributed by atoms with E-state index in [9.17, 15) is 4.79 Å². The highest BCUT2D eigenvalue weighted by atomic mass is 16.5. The number of unbranched alkanes of at least 4 members (excludes halogenated alkanes) is 4. The van der Waals surface area contributed by atoms with Gasteiger partial charge >= 0.3 is 5.97 Å². The number of rotatable bonds is 9. The monoisotopic (exact) mass is 241 g/mol. The summed E-state index contributed by atoms with van der Waals surface area (Å²) in [5.41, 5.74) is 0. The highest BCUT2D eigenvalue weighted by Gasteiger charge is 2.28. The van der Waals surface area contributed by atoms with Crippen molar-refractivity contribution >= 4 is 5.97 Å². The second kappa shape index (κ2) is 8.51. The molecule has 1 aliphatic heterocycles. The Kier molecular flexibility index (Phi) is 7.25. The summed E-state index contributed by atoms with van der Waals surface area (Å²) < 4.78 is 5.08. The Labute approximate surface area is 106 Å². The van der Waals surface area contributed by atoms with Crippen molar-refractivity contribution in [1.29, 1.82) is 0 Å². The van der Waals surface area contributed by atoms with Crippen LogP contribution < -0.4 is 0 Å². The van der Waals surface area contributed by atoms with Gasteiger partial charge in [-0.1, -0.05) is 39.5 Å². The quantitative estimate of drug-likeness (QED) is 0.459. The fraction of sp³-hybridized carbons (Fsp3) is 0.929. The fourth-order valence-electron chi connectivity index (χ4n) is 2.34. The third-order valence-corrected chi connectivity index (χ3v) is 3.45. The van der Waals surface area contributed by atoms with E-state index in [0.29, 0.717) is 19.1 Å². The maximum absolute atomic E-state index is 11.2. The maximum atomic E-state index is 11.2. The molecule has 0 aromatic carbocycles. The molecule has 100 valence electrons. The van der Waals surface area contributed by atoms with Crippen LogP contribution in [0.15, 0.2) is 0 Å². The number of carbonyl (C=O) groups is 1. The average Bonchev–Trinajstić information content (AvgIpc) is 2.74. The molecule has 17 heavy (non-hydrogen) atoms. The number of ether oxygens (including phenoxy) is 1. The number of nitrogens with zero attached hydrogens (tertiary/aromatic N) is 1. The molecular formula is C14H27NO2. The standard InChI is InChI=1S/C14H27NO2/c1-3-5-7-9-15(10-8-6-4-2)13-11-14(16)17-12-13/h13H,3-12H2,1-2H3. The van der Waals surface area contributed by atoms with Gasteiger partial charge in [-0.3, -0.25) is 9.69 Å². The highest BCUT2D eigenvalue weighted by Crippen LogP contribution is 2.16. The molecule has 0 aromatic heterocycles.